The molecule has 0 amide bonds. The molecule has 0 unspecified atom stereocenters. The van der Waals surface area contributed by atoms with E-state index in [-0.39, 0.29) is 23.0 Å². The second-order valence-corrected chi connectivity index (χ2v) is 7.88. The zero-order valence-electron chi connectivity index (χ0n) is 13.2. The fourth-order valence-electron chi connectivity index (χ4n) is 3.03. The maximum absolute atomic E-state index is 12.8. The summed E-state index contributed by atoms with van der Waals surface area (Å²) in [5, 5.41) is 13.7. The minimum absolute atomic E-state index is 0.0768. The van der Waals surface area contributed by atoms with Crippen molar-refractivity contribution in [2.75, 3.05) is 0 Å². The summed E-state index contributed by atoms with van der Waals surface area (Å²) in [6, 6.07) is 6.54. The molecular weight excluding hydrogens is 314 g/mol. The van der Waals surface area contributed by atoms with E-state index in [0.29, 0.717) is 18.4 Å². The van der Waals surface area contributed by atoms with Crippen LogP contribution in [0.25, 0.3) is 0 Å². The van der Waals surface area contributed by atoms with Crippen molar-refractivity contribution in [2.45, 2.75) is 36.8 Å². The van der Waals surface area contributed by atoms with Crippen LogP contribution >= 0.6 is 0 Å². The molecule has 0 bridgehead atoms. The number of hydrogen-bond acceptors (Lipinski definition) is 4. The topological polar surface area (TPSA) is 84.2 Å². The van der Waals surface area contributed by atoms with Gasteiger partial charge in [0, 0.05) is 18.8 Å². The van der Waals surface area contributed by atoms with Gasteiger partial charge < -0.3 is 5.11 Å². The summed E-state index contributed by atoms with van der Waals surface area (Å²) in [6.45, 7) is 1.78. The number of aliphatic hydroxyl groups is 1. The van der Waals surface area contributed by atoms with Crippen molar-refractivity contribution in [3.8, 4) is 0 Å². The van der Waals surface area contributed by atoms with Gasteiger partial charge in [0.1, 0.15) is 0 Å². The summed E-state index contributed by atoms with van der Waals surface area (Å²) in [5.74, 6) is 0.0768. The molecule has 0 spiro atoms. The molecule has 2 N–H and O–H groups in total. The molecule has 2 aromatic rings. The van der Waals surface area contributed by atoms with E-state index in [4.69, 9.17) is 0 Å². The van der Waals surface area contributed by atoms with Crippen LogP contribution in [0.2, 0.25) is 0 Å². The summed E-state index contributed by atoms with van der Waals surface area (Å²) in [7, 11) is -1.84. The van der Waals surface area contributed by atoms with Gasteiger partial charge in [0.2, 0.25) is 10.0 Å². The number of nitrogens with one attached hydrogen (secondary N) is 1. The van der Waals surface area contributed by atoms with Crippen LogP contribution in [0.5, 0.6) is 0 Å². The third-order valence-electron chi connectivity index (χ3n) is 4.37. The molecule has 1 saturated carbocycles. The number of nitrogens with zero attached hydrogens (tertiary/aromatic N) is 2. The highest BCUT2D eigenvalue weighted by Crippen LogP contribution is 2.38. The Bertz CT molecular complexity index is 794. The smallest absolute Gasteiger partial charge is 0.241 e. The van der Waals surface area contributed by atoms with Gasteiger partial charge in [-0.2, -0.15) is 5.10 Å². The molecule has 0 radical (unpaired) electrons. The molecule has 3 rings (SSSR count). The van der Waals surface area contributed by atoms with Gasteiger partial charge in [-0.3, -0.25) is 4.68 Å². The fraction of sp³-hybridized carbons (Fsp3) is 0.438. The molecule has 1 aromatic carbocycles. The molecule has 7 heteroatoms. The minimum atomic E-state index is -3.64. The third-order valence-corrected chi connectivity index (χ3v) is 5.97. The van der Waals surface area contributed by atoms with Gasteiger partial charge in [0.25, 0.3) is 0 Å². The number of aliphatic hydroxyl groups excluding tert-OH is 1. The first-order chi connectivity index (χ1) is 10.9. The van der Waals surface area contributed by atoms with Crippen LogP contribution in [0.3, 0.4) is 0 Å². The maximum Gasteiger partial charge on any atom is 0.241 e. The lowest BCUT2D eigenvalue weighted by Gasteiger charge is -2.37. The Morgan fingerprint density at radius 3 is 2.61 bits per heavy atom. The van der Waals surface area contributed by atoms with Crippen molar-refractivity contribution in [1.82, 2.24) is 14.5 Å². The zero-order chi connectivity index (χ0) is 16.6. The van der Waals surface area contributed by atoms with Crippen LogP contribution in [-0.2, 0) is 17.1 Å². The standard InChI is InChI=1S/C16H21N3O3S/c1-11-5-3-4-6-15(11)23(21,22)18-16(12-7-14(20)8-12)13-9-17-19(2)10-13/h3-6,9-10,12,14,16,18,20H,7-8H2,1-2H3/t12?,14?,16-/m0/s1. The van der Waals surface area contributed by atoms with Gasteiger partial charge in [0.15, 0.2) is 0 Å². The Morgan fingerprint density at radius 1 is 1.35 bits per heavy atom. The Labute approximate surface area is 136 Å². The predicted molar refractivity (Wildman–Crippen MR) is 86.2 cm³/mol. The van der Waals surface area contributed by atoms with E-state index in [1.807, 2.05) is 12.3 Å². The van der Waals surface area contributed by atoms with Crippen molar-refractivity contribution in [3.05, 3.63) is 47.8 Å². The summed E-state index contributed by atoms with van der Waals surface area (Å²) in [6.07, 6.45) is 4.33. The normalized spacial score (nSPS) is 22.6. The van der Waals surface area contributed by atoms with Crippen LogP contribution in [0, 0.1) is 12.8 Å². The second kappa shape index (κ2) is 6.07. The first-order valence-corrected chi connectivity index (χ1v) is 9.09. The Balaban J connectivity index is 1.90. The van der Waals surface area contributed by atoms with Gasteiger partial charge in [-0.15, -0.1) is 0 Å². The number of aromatic nitrogens is 2. The van der Waals surface area contributed by atoms with E-state index in [9.17, 15) is 13.5 Å². The lowest BCUT2D eigenvalue weighted by Crippen LogP contribution is -2.41. The van der Waals surface area contributed by atoms with Crippen molar-refractivity contribution in [3.63, 3.8) is 0 Å². The lowest BCUT2D eigenvalue weighted by atomic mass is 9.76. The monoisotopic (exact) mass is 335 g/mol. The highest BCUT2D eigenvalue weighted by molar-refractivity contribution is 7.89. The van der Waals surface area contributed by atoms with Crippen LogP contribution in [0.1, 0.15) is 30.0 Å². The van der Waals surface area contributed by atoms with E-state index in [2.05, 4.69) is 9.82 Å². The summed E-state index contributed by atoms with van der Waals surface area (Å²) < 4.78 is 30.0. The Kier molecular flexibility index (Phi) is 4.27. The van der Waals surface area contributed by atoms with E-state index in [0.717, 1.165) is 5.56 Å². The highest BCUT2D eigenvalue weighted by atomic mass is 32.2. The van der Waals surface area contributed by atoms with Crippen LogP contribution in [0.15, 0.2) is 41.6 Å². The first-order valence-electron chi connectivity index (χ1n) is 7.61. The molecular formula is C16H21N3O3S. The maximum atomic E-state index is 12.8. The van der Waals surface area contributed by atoms with Crippen LogP contribution in [0.4, 0.5) is 0 Å². The van der Waals surface area contributed by atoms with Crippen LogP contribution in [-0.4, -0.2) is 29.4 Å². The molecule has 1 aliphatic rings. The van der Waals surface area contributed by atoms with Gasteiger partial charge in [-0.05, 0) is 37.3 Å². The predicted octanol–water partition coefficient (Wildman–Crippen LogP) is 1.52. The van der Waals surface area contributed by atoms with E-state index in [1.54, 1.807) is 43.0 Å². The Morgan fingerprint density at radius 2 is 2.04 bits per heavy atom. The van der Waals surface area contributed by atoms with Crippen molar-refractivity contribution < 1.29 is 13.5 Å². The average molecular weight is 335 g/mol. The first kappa shape index (κ1) is 16.2. The van der Waals surface area contributed by atoms with Gasteiger partial charge in [-0.25, -0.2) is 13.1 Å². The SMILES string of the molecule is Cc1ccccc1S(=O)(=O)N[C@H](c1cnn(C)c1)C1CC(O)C1. The summed E-state index contributed by atoms with van der Waals surface area (Å²) in [5.41, 5.74) is 1.53. The zero-order valence-corrected chi connectivity index (χ0v) is 14.0. The molecule has 1 fully saturated rings. The lowest BCUT2D eigenvalue weighted by molar-refractivity contribution is 0.0280. The number of benzene rings is 1. The van der Waals surface area contributed by atoms with Gasteiger partial charge in [-0.1, -0.05) is 18.2 Å². The largest absolute Gasteiger partial charge is 0.393 e. The van der Waals surface area contributed by atoms with Crippen LogP contribution < -0.4 is 4.72 Å². The fourth-order valence-corrected chi connectivity index (χ4v) is 4.57. The number of aryl methyl sites for hydroxylation is 2. The van der Waals surface area contributed by atoms with Crippen molar-refractivity contribution in [1.29, 1.82) is 0 Å². The minimum Gasteiger partial charge on any atom is -0.393 e. The Hall–Kier alpha value is -1.70. The molecule has 124 valence electrons. The number of hydrogen-bond donors (Lipinski definition) is 2. The summed E-state index contributed by atoms with van der Waals surface area (Å²) >= 11 is 0. The number of rotatable bonds is 5. The molecule has 1 aromatic heterocycles. The third kappa shape index (κ3) is 3.31. The molecule has 1 heterocycles. The molecule has 1 aliphatic carbocycles. The molecule has 0 aliphatic heterocycles. The molecule has 23 heavy (non-hydrogen) atoms. The molecule has 6 nitrogen and oxygen atoms in total. The quantitative estimate of drug-likeness (QED) is 0.868. The average Bonchev–Trinajstić information content (AvgIpc) is 2.88. The molecule has 0 saturated heterocycles. The second-order valence-electron chi connectivity index (χ2n) is 6.20. The number of sulfonamides is 1. The van der Waals surface area contributed by atoms with E-state index >= 15 is 0 Å². The van der Waals surface area contributed by atoms with Crippen molar-refractivity contribution >= 4 is 10.0 Å². The highest BCUT2D eigenvalue weighted by Gasteiger charge is 2.37. The molecule has 1 atom stereocenters. The summed E-state index contributed by atoms with van der Waals surface area (Å²) in [4.78, 5) is 0.286. The van der Waals surface area contributed by atoms with E-state index in [1.165, 1.54) is 0 Å². The van der Waals surface area contributed by atoms with E-state index < -0.39 is 10.0 Å². The van der Waals surface area contributed by atoms with Crippen molar-refractivity contribution in [2.24, 2.45) is 13.0 Å². The van der Waals surface area contributed by atoms with Gasteiger partial charge >= 0.3 is 0 Å². The van der Waals surface area contributed by atoms with Gasteiger partial charge in [0.05, 0.1) is 23.2 Å².